The molecule has 5 heteroatoms. The van der Waals surface area contributed by atoms with Crippen LogP contribution in [0.3, 0.4) is 0 Å². The summed E-state index contributed by atoms with van der Waals surface area (Å²) in [5.41, 5.74) is -1.33. The molecule has 1 unspecified atom stereocenters. The van der Waals surface area contributed by atoms with Gasteiger partial charge in [0.15, 0.2) is 5.78 Å². The normalized spacial score (nSPS) is 53.4. The molecule has 8 atom stereocenters. The minimum atomic E-state index is -1.13. The Bertz CT molecular complexity index is 699. The van der Waals surface area contributed by atoms with Crippen molar-refractivity contribution in [2.45, 2.75) is 77.1 Å². The number of carbonyl (C=O) groups excluding carboxylic acids is 2. The summed E-state index contributed by atoms with van der Waals surface area (Å²) >= 11 is 0. The minimum Gasteiger partial charge on any atom is -0.390 e. The van der Waals surface area contributed by atoms with Gasteiger partial charge >= 0.3 is 0 Å². The van der Waals surface area contributed by atoms with E-state index in [-0.39, 0.29) is 35.7 Å². The first-order valence-corrected chi connectivity index (χ1v) is 9.89. The van der Waals surface area contributed by atoms with Gasteiger partial charge < -0.3 is 15.3 Å². The van der Waals surface area contributed by atoms with E-state index in [1.54, 1.807) is 13.0 Å². The van der Waals surface area contributed by atoms with Crippen molar-refractivity contribution in [2.24, 2.45) is 28.6 Å². The second-order valence-corrected chi connectivity index (χ2v) is 9.71. The molecule has 0 aromatic rings. The molecule has 3 saturated carbocycles. The van der Waals surface area contributed by atoms with Crippen molar-refractivity contribution < 1.29 is 24.9 Å². The lowest BCUT2D eigenvalue weighted by molar-refractivity contribution is -0.153. The molecule has 4 aliphatic rings. The monoisotopic (exact) mass is 362 g/mol. The maximum Gasteiger partial charge on any atom is 0.159 e. The minimum absolute atomic E-state index is 0.0103. The van der Waals surface area contributed by atoms with E-state index in [9.17, 15) is 24.9 Å². The van der Waals surface area contributed by atoms with Crippen molar-refractivity contribution in [3.63, 3.8) is 0 Å². The molecule has 0 spiro atoms. The average Bonchev–Trinajstić information content (AvgIpc) is 2.83. The number of aliphatic hydroxyl groups is 3. The SMILES string of the molecule is CC(=O)[C@H]1CC[C@@]2(O)C3=CC(=O)[C@@H]4C[C@@H](O)[C@@H](O)CC4(C)[C@H]3CC[C@]12C. The molecule has 144 valence electrons. The van der Waals surface area contributed by atoms with Gasteiger partial charge in [-0.25, -0.2) is 0 Å². The molecular weight excluding hydrogens is 332 g/mol. The van der Waals surface area contributed by atoms with Crippen molar-refractivity contribution in [1.29, 1.82) is 0 Å². The first-order valence-electron chi connectivity index (χ1n) is 9.89. The molecule has 0 saturated heterocycles. The zero-order valence-corrected chi connectivity index (χ0v) is 15.9. The Balaban J connectivity index is 1.80. The molecular formula is C21H30O5. The highest BCUT2D eigenvalue weighted by molar-refractivity contribution is 5.95. The first-order chi connectivity index (χ1) is 12.0. The van der Waals surface area contributed by atoms with Gasteiger partial charge in [0.1, 0.15) is 5.78 Å². The lowest BCUT2D eigenvalue weighted by atomic mass is 9.46. The van der Waals surface area contributed by atoms with Gasteiger partial charge in [-0.15, -0.1) is 0 Å². The summed E-state index contributed by atoms with van der Waals surface area (Å²) < 4.78 is 0. The van der Waals surface area contributed by atoms with Crippen molar-refractivity contribution in [1.82, 2.24) is 0 Å². The van der Waals surface area contributed by atoms with Crippen LogP contribution < -0.4 is 0 Å². The van der Waals surface area contributed by atoms with Gasteiger partial charge in [-0.2, -0.15) is 0 Å². The second kappa shape index (κ2) is 5.49. The second-order valence-electron chi connectivity index (χ2n) is 9.71. The molecule has 0 aromatic carbocycles. The molecule has 0 aromatic heterocycles. The number of aliphatic hydroxyl groups excluding tert-OH is 2. The summed E-state index contributed by atoms with van der Waals surface area (Å²) in [6, 6.07) is 0. The Morgan fingerprint density at radius 2 is 1.81 bits per heavy atom. The number of ketones is 2. The maximum atomic E-state index is 12.9. The quantitative estimate of drug-likeness (QED) is 0.661. The third-order valence-electron chi connectivity index (χ3n) is 8.61. The molecule has 3 fully saturated rings. The maximum absolute atomic E-state index is 12.9. The Hall–Kier alpha value is -1.04. The first kappa shape index (κ1) is 18.3. The number of Topliss-reactive ketones (excluding diaryl/α,β-unsaturated/α-hetero) is 1. The molecule has 0 heterocycles. The van der Waals surface area contributed by atoms with E-state index in [0.29, 0.717) is 19.3 Å². The Kier molecular flexibility index (Phi) is 3.87. The Morgan fingerprint density at radius 1 is 1.12 bits per heavy atom. The van der Waals surface area contributed by atoms with Crippen LogP contribution in [0.1, 0.15) is 59.3 Å². The van der Waals surface area contributed by atoms with E-state index in [0.717, 1.165) is 18.4 Å². The third-order valence-corrected chi connectivity index (χ3v) is 8.61. The van der Waals surface area contributed by atoms with Crippen molar-refractivity contribution >= 4 is 11.6 Å². The summed E-state index contributed by atoms with van der Waals surface area (Å²) in [5, 5.41) is 32.1. The van der Waals surface area contributed by atoms with Crippen LogP contribution in [0.2, 0.25) is 0 Å². The molecule has 0 amide bonds. The highest BCUT2D eigenvalue weighted by Gasteiger charge is 2.67. The number of carbonyl (C=O) groups is 2. The molecule has 0 bridgehead atoms. The molecule has 0 aliphatic heterocycles. The van der Waals surface area contributed by atoms with E-state index in [4.69, 9.17) is 0 Å². The predicted octanol–water partition coefficient (Wildman–Crippen LogP) is 1.78. The Morgan fingerprint density at radius 3 is 2.46 bits per heavy atom. The smallest absolute Gasteiger partial charge is 0.159 e. The summed E-state index contributed by atoms with van der Waals surface area (Å²) in [7, 11) is 0. The predicted molar refractivity (Wildman–Crippen MR) is 95.1 cm³/mol. The number of hydrogen-bond acceptors (Lipinski definition) is 5. The van der Waals surface area contributed by atoms with Crippen molar-refractivity contribution in [3.8, 4) is 0 Å². The fraction of sp³-hybridized carbons (Fsp3) is 0.810. The fourth-order valence-electron chi connectivity index (χ4n) is 7.02. The van der Waals surface area contributed by atoms with Crippen LogP contribution in [0.25, 0.3) is 0 Å². The molecule has 4 aliphatic carbocycles. The third kappa shape index (κ3) is 2.08. The summed E-state index contributed by atoms with van der Waals surface area (Å²) in [4.78, 5) is 25.1. The van der Waals surface area contributed by atoms with Crippen LogP contribution in [0, 0.1) is 28.6 Å². The largest absolute Gasteiger partial charge is 0.390 e. The number of rotatable bonds is 1. The van der Waals surface area contributed by atoms with Crippen LogP contribution in [0.15, 0.2) is 11.6 Å². The van der Waals surface area contributed by atoms with Crippen LogP contribution in [-0.2, 0) is 9.59 Å². The van der Waals surface area contributed by atoms with Crippen LogP contribution in [0.5, 0.6) is 0 Å². The lowest BCUT2D eigenvalue weighted by Gasteiger charge is -2.59. The molecule has 0 radical (unpaired) electrons. The number of hydrogen-bond donors (Lipinski definition) is 3. The van der Waals surface area contributed by atoms with E-state index >= 15 is 0 Å². The molecule has 26 heavy (non-hydrogen) atoms. The molecule has 3 N–H and O–H groups in total. The number of allylic oxidation sites excluding steroid dienone is 1. The summed E-state index contributed by atoms with van der Waals surface area (Å²) in [6.45, 7) is 5.64. The van der Waals surface area contributed by atoms with Crippen LogP contribution >= 0.6 is 0 Å². The number of fused-ring (bicyclic) bond motifs is 5. The highest BCUT2D eigenvalue weighted by atomic mass is 16.3. The standard InChI is InChI=1S/C21H30O5/c1-11(22)12-5-7-21(26)14-8-16(23)15-9-17(24)18(25)10-19(15,2)13(14)4-6-20(12,21)3/h8,12-13,15,17-18,24-26H,4-7,9-10H2,1-3H3/t12-,13+,15+,17-,18+,19?,20-,21-/m1/s1. The van der Waals surface area contributed by atoms with Crippen LogP contribution in [-0.4, -0.2) is 44.7 Å². The zero-order chi connectivity index (χ0) is 19.1. The van der Waals surface area contributed by atoms with E-state index in [2.05, 4.69) is 0 Å². The molecule has 4 rings (SSSR count). The summed E-state index contributed by atoms with van der Waals surface area (Å²) in [6.07, 6.45) is 3.29. The zero-order valence-electron chi connectivity index (χ0n) is 15.9. The highest BCUT2D eigenvalue weighted by Crippen LogP contribution is 2.67. The van der Waals surface area contributed by atoms with E-state index in [1.807, 2.05) is 13.8 Å². The van der Waals surface area contributed by atoms with Gasteiger partial charge in [0.05, 0.1) is 17.8 Å². The van der Waals surface area contributed by atoms with Gasteiger partial charge in [-0.1, -0.05) is 13.8 Å². The van der Waals surface area contributed by atoms with Gasteiger partial charge in [-0.05, 0) is 68.4 Å². The summed E-state index contributed by atoms with van der Waals surface area (Å²) in [5.74, 6) is -0.406. The van der Waals surface area contributed by atoms with E-state index < -0.39 is 28.6 Å². The Labute approximate surface area is 154 Å². The average molecular weight is 362 g/mol. The van der Waals surface area contributed by atoms with Crippen molar-refractivity contribution in [3.05, 3.63) is 11.6 Å². The van der Waals surface area contributed by atoms with Gasteiger partial charge in [0.2, 0.25) is 0 Å². The van der Waals surface area contributed by atoms with Crippen LogP contribution in [0.4, 0.5) is 0 Å². The fourth-order valence-corrected chi connectivity index (χ4v) is 7.02. The van der Waals surface area contributed by atoms with Gasteiger partial charge in [0, 0.05) is 17.3 Å². The topological polar surface area (TPSA) is 94.8 Å². The van der Waals surface area contributed by atoms with Gasteiger partial charge in [-0.3, -0.25) is 9.59 Å². The van der Waals surface area contributed by atoms with Gasteiger partial charge in [0.25, 0.3) is 0 Å². The van der Waals surface area contributed by atoms with E-state index in [1.165, 1.54) is 0 Å². The van der Waals surface area contributed by atoms with Crippen molar-refractivity contribution in [2.75, 3.05) is 0 Å². The lowest BCUT2D eigenvalue weighted by Crippen LogP contribution is -2.60. The molecule has 5 nitrogen and oxygen atoms in total.